The fraction of sp³-hybridized carbons (Fsp3) is 0.333. The van der Waals surface area contributed by atoms with Crippen LogP contribution in [-0.2, 0) is 22.0 Å². The van der Waals surface area contributed by atoms with Gasteiger partial charge in [0.2, 0.25) is 0 Å². The number of hydrogen-bond donors (Lipinski definition) is 2. The summed E-state index contributed by atoms with van der Waals surface area (Å²) in [7, 11) is -4.10. The van der Waals surface area contributed by atoms with E-state index in [1.165, 1.54) is 23.8 Å². The van der Waals surface area contributed by atoms with E-state index in [1.54, 1.807) is 10.7 Å². The van der Waals surface area contributed by atoms with Crippen LogP contribution in [0.5, 0.6) is 0 Å². The molecule has 1 aromatic heterocycles. The summed E-state index contributed by atoms with van der Waals surface area (Å²) >= 11 is 0. The number of anilines is 1. The number of rotatable bonds is 5. The molecule has 0 fully saturated rings. The topological polar surface area (TPSA) is 107 Å². The van der Waals surface area contributed by atoms with Crippen molar-refractivity contribution in [1.82, 2.24) is 14.5 Å². The SMILES string of the molecule is Cc1cc(C)c(Cc2cn(C(C)(C)C)nc2C(=O)NS(=O)(=O)c2cccc(N)c2)c(C)c1.[HH].[HH]. The number of sulfonamides is 1. The lowest BCUT2D eigenvalue weighted by Gasteiger charge is -2.18. The Morgan fingerprint density at radius 3 is 2.31 bits per heavy atom. The molecule has 7 nitrogen and oxygen atoms in total. The Morgan fingerprint density at radius 2 is 1.75 bits per heavy atom. The second kappa shape index (κ2) is 8.43. The second-order valence-electron chi connectivity index (χ2n) is 9.18. The standard InChI is InChI=1S/C24H30N4O3S.2H2/c1-15-10-16(2)21(17(3)11-15)12-18-14-28(24(4,5)6)26-22(18)23(29)27-32(30,31)20-9-7-8-19(25)13-20;;/h7-11,13-14H,12,25H2,1-6H3,(H,27,29);2*1H. The Labute approximate surface area is 192 Å². The monoisotopic (exact) mass is 458 g/mol. The van der Waals surface area contributed by atoms with Gasteiger partial charge in [-0.1, -0.05) is 23.8 Å². The van der Waals surface area contributed by atoms with Gasteiger partial charge in [0, 0.05) is 26.7 Å². The van der Waals surface area contributed by atoms with Crippen LogP contribution in [0.3, 0.4) is 0 Å². The number of hydrogen-bond acceptors (Lipinski definition) is 5. The zero-order chi connectivity index (χ0) is 23.8. The highest BCUT2D eigenvalue weighted by atomic mass is 32.2. The molecule has 0 radical (unpaired) electrons. The van der Waals surface area contributed by atoms with Gasteiger partial charge in [0.25, 0.3) is 15.9 Å². The number of nitrogens with two attached hydrogens (primary N) is 1. The number of carbonyl (C=O) groups excluding carboxylic acids is 1. The average Bonchev–Trinajstić information content (AvgIpc) is 3.09. The van der Waals surface area contributed by atoms with Crippen molar-refractivity contribution in [2.45, 2.75) is 58.4 Å². The summed E-state index contributed by atoms with van der Waals surface area (Å²) in [6, 6.07) is 10.00. The lowest BCUT2D eigenvalue weighted by atomic mass is 9.94. The van der Waals surface area contributed by atoms with Crippen molar-refractivity contribution < 1.29 is 16.1 Å². The molecule has 8 heteroatoms. The molecule has 0 unspecified atom stereocenters. The first-order valence-corrected chi connectivity index (χ1v) is 11.8. The minimum absolute atomic E-state index is 0. The summed E-state index contributed by atoms with van der Waals surface area (Å²) in [5, 5.41) is 4.47. The van der Waals surface area contributed by atoms with Crippen LogP contribution in [-0.4, -0.2) is 24.1 Å². The Bertz CT molecular complexity index is 1270. The van der Waals surface area contributed by atoms with Gasteiger partial charge >= 0.3 is 0 Å². The number of nitrogens with one attached hydrogen (secondary N) is 1. The maximum atomic E-state index is 13.1. The third-order valence-electron chi connectivity index (χ3n) is 5.30. The zero-order valence-corrected chi connectivity index (χ0v) is 20.2. The predicted octanol–water partition coefficient (Wildman–Crippen LogP) is 4.35. The van der Waals surface area contributed by atoms with Gasteiger partial charge in [-0.15, -0.1) is 0 Å². The largest absolute Gasteiger partial charge is 0.399 e. The summed E-state index contributed by atoms with van der Waals surface area (Å²) in [5.74, 6) is -0.771. The van der Waals surface area contributed by atoms with Crippen molar-refractivity contribution >= 4 is 21.6 Å². The number of nitrogen functional groups attached to an aromatic ring is 1. The zero-order valence-electron chi connectivity index (χ0n) is 19.4. The van der Waals surface area contributed by atoms with Crippen LogP contribution < -0.4 is 10.5 Å². The van der Waals surface area contributed by atoms with E-state index in [1.807, 2.05) is 47.7 Å². The number of amides is 1. The van der Waals surface area contributed by atoms with Crippen molar-refractivity contribution in [3.63, 3.8) is 0 Å². The van der Waals surface area contributed by atoms with E-state index < -0.39 is 15.9 Å². The Morgan fingerprint density at radius 1 is 1.12 bits per heavy atom. The van der Waals surface area contributed by atoms with Gasteiger partial charge in [-0.3, -0.25) is 9.48 Å². The van der Waals surface area contributed by atoms with E-state index in [-0.39, 0.29) is 19.0 Å². The molecule has 0 saturated carbocycles. The van der Waals surface area contributed by atoms with Crippen LogP contribution in [0.2, 0.25) is 0 Å². The maximum absolute atomic E-state index is 13.1. The summed E-state index contributed by atoms with van der Waals surface area (Å²) < 4.78 is 29.4. The number of carbonyl (C=O) groups is 1. The van der Waals surface area contributed by atoms with Gasteiger partial charge in [-0.05, 0) is 76.4 Å². The van der Waals surface area contributed by atoms with Crippen LogP contribution in [0, 0.1) is 20.8 Å². The van der Waals surface area contributed by atoms with Crippen molar-refractivity contribution in [1.29, 1.82) is 0 Å². The maximum Gasteiger partial charge on any atom is 0.285 e. The number of nitrogens with zero attached hydrogens (tertiary/aromatic N) is 2. The fourth-order valence-electron chi connectivity index (χ4n) is 3.66. The van der Waals surface area contributed by atoms with Gasteiger partial charge in [-0.2, -0.15) is 5.10 Å². The van der Waals surface area contributed by atoms with Crippen LogP contribution in [0.15, 0.2) is 47.5 Å². The van der Waals surface area contributed by atoms with Crippen molar-refractivity contribution in [2.75, 3.05) is 5.73 Å². The van der Waals surface area contributed by atoms with Gasteiger partial charge in [-0.25, -0.2) is 13.1 Å². The fourth-order valence-corrected chi connectivity index (χ4v) is 4.67. The van der Waals surface area contributed by atoms with Gasteiger partial charge in [0.1, 0.15) is 0 Å². The molecule has 0 atom stereocenters. The third-order valence-corrected chi connectivity index (χ3v) is 6.62. The van der Waals surface area contributed by atoms with Crippen molar-refractivity contribution in [2.24, 2.45) is 0 Å². The summed E-state index contributed by atoms with van der Waals surface area (Å²) in [5.41, 5.74) is 10.9. The highest BCUT2D eigenvalue weighted by Gasteiger charge is 2.26. The number of benzene rings is 2. The van der Waals surface area contributed by atoms with E-state index in [9.17, 15) is 13.2 Å². The van der Waals surface area contributed by atoms with E-state index >= 15 is 0 Å². The normalized spacial score (nSPS) is 12.1. The molecule has 32 heavy (non-hydrogen) atoms. The van der Waals surface area contributed by atoms with Crippen molar-refractivity contribution in [3.05, 3.63) is 76.1 Å². The smallest absolute Gasteiger partial charge is 0.285 e. The Balaban J connectivity index is 0.00000289. The van der Waals surface area contributed by atoms with Crippen molar-refractivity contribution in [3.8, 4) is 0 Å². The minimum atomic E-state index is -4.10. The third kappa shape index (κ3) is 5.02. The molecule has 174 valence electrons. The van der Waals surface area contributed by atoms with E-state index in [2.05, 4.69) is 22.0 Å². The predicted molar refractivity (Wildman–Crippen MR) is 130 cm³/mol. The quantitative estimate of drug-likeness (QED) is 0.553. The molecule has 1 amide bonds. The first-order valence-electron chi connectivity index (χ1n) is 10.4. The molecule has 0 bridgehead atoms. The lowest BCUT2D eigenvalue weighted by Crippen LogP contribution is -2.32. The molecule has 2 aromatic carbocycles. The second-order valence-corrected chi connectivity index (χ2v) is 10.9. The molecular formula is C24H34N4O3S. The van der Waals surface area contributed by atoms with Crippen LogP contribution in [0.25, 0.3) is 0 Å². The molecule has 3 N–H and O–H groups in total. The Kier molecular flexibility index (Phi) is 6.20. The van der Waals surface area contributed by atoms with E-state index in [0.29, 0.717) is 17.7 Å². The molecule has 1 heterocycles. The van der Waals surface area contributed by atoms with Crippen LogP contribution in [0.4, 0.5) is 5.69 Å². The molecule has 0 aliphatic rings. The van der Waals surface area contributed by atoms with Gasteiger partial charge < -0.3 is 5.73 Å². The lowest BCUT2D eigenvalue weighted by molar-refractivity contribution is 0.0974. The molecule has 0 aliphatic heterocycles. The average molecular weight is 459 g/mol. The summed E-state index contributed by atoms with van der Waals surface area (Å²) in [4.78, 5) is 13.0. The first kappa shape index (κ1) is 23.5. The van der Waals surface area contributed by atoms with Crippen LogP contribution >= 0.6 is 0 Å². The minimum Gasteiger partial charge on any atom is -0.399 e. The highest BCUT2D eigenvalue weighted by Crippen LogP contribution is 2.24. The molecule has 3 aromatic rings. The molecule has 0 spiro atoms. The van der Waals surface area contributed by atoms with Crippen LogP contribution in [0.1, 0.15) is 61.9 Å². The van der Waals surface area contributed by atoms with E-state index in [0.717, 1.165) is 16.7 Å². The summed E-state index contributed by atoms with van der Waals surface area (Å²) in [6.45, 7) is 12.0. The molecule has 0 saturated heterocycles. The van der Waals surface area contributed by atoms with Gasteiger partial charge in [0.05, 0.1) is 10.4 Å². The number of aryl methyl sites for hydroxylation is 3. The van der Waals surface area contributed by atoms with E-state index in [4.69, 9.17) is 5.73 Å². The first-order chi connectivity index (χ1) is 14.8. The van der Waals surface area contributed by atoms with Gasteiger partial charge in [0.15, 0.2) is 5.69 Å². The Hall–Kier alpha value is -3.13. The number of aromatic nitrogens is 2. The molecule has 0 aliphatic carbocycles. The molecule has 3 rings (SSSR count). The summed E-state index contributed by atoms with van der Waals surface area (Å²) in [6.07, 6.45) is 2.29. The molecular weight excluding hydrogens is 424 g/mol. The highest BCUT2D eigenvalue weighted by molar-refractivity contribution is 7.90.